The van der Waals surface area contributed by atoms with Crippen LogP contribution in [0.3, 0.4) is 0 Å². The van der Waals surface area contributed by atoms with E-state index in [-0.39, 0.29) is 5.60 Å². The van der Waals surface area contributed by atoms with E-state index in [2.05, 4.69) is 22.4 Å². The number of nitrogens with zero attached hydrogens (tertiary/aromatic N) is 4. The first kappa shape index (κ1) is 13.1. The first-order valence-electron chi connectivity index (χ1n) is 6.83. The van der Waals surface area contributed by atoms with Gasteiger partial charge in [0, 0.05) is 17.9 Å². The molecule has 20 heavy (non-hydrogen) atoms. The van der Waals surface area contributed by atoms with Crippen molar-refractivity contribution >= 4 is 5.69 Å². The Morgan fingerprint density at radius 1 is 1.40 bits per heavy atom. The van der Waals surface area contributed by atoms with E-state index >= 15 is 0 Å². The fourth-order valence-corrected chi connectivity index (χ4v) is 2.74. The van der Waals surface area contributed by atoms with Crippen LogP contribution in [-0.2, 0) is 11.3 Å². The number of aryl methyl sites for hydroxylation is 1. The van der Waals surface area contributed by atoms with E-state index in [1.807, 2.05) is 25.1 Å². The van der Waals surface area contributed by atoms with Crippen LogP contribution in [0.15, 0.2) is 18.2 Å². The first-order valence-corrected chi connectivity index (χ1v) is 6.83. The molecule has 1 aromatic heterocycles. The van der Waals surface area contributed by atoms with Gasteiger partial charge in [-0.05, 0) is 60.9 Å². The van der Waals surface area contributed by atoms with Gasteiger partial charge in [0.25, 0.3) is 0 Å². The zero-order valence-corrected chi connectivity index (χ0v) is 11.8. The third-order valence-corrected chi connectivity index (χ3v) is 3.67. The molecule has 1 atom stereocenters. The molecule has 2 N–H and O–H groups in total. The van der Waals surface area contributed by atoms with Crippen molar-refractivity contribution in [2.45, 2.75) is 38.8 Å². The van der Waals surface area contributed by atoms with Crippen LogP contribution in [-0.4, -0.2) is 32.4 Å². The van der Waals surface area contributed by atoms with Gasteiger partial charge in [-0.25, -0.2) is 4.68 Å². The zero-order chi connectivity index (χ0) is 14.2. The Morgan fingerprint density at radius 2 is 2.25 bits per heavy atom. The SMILES string of the molecule is Cc1cc(N)cc(-c2nnnn2CC2(C)CCCO2)c1. The average molecular weight is 273 g/mol. The predicted molar refractivity (Wildman–Crippen MR) is 76.0 cm³/mol. The number of nitrogen functional groups attached to an aromatic ring is 1. The standard InChI is InChI=1S/C14H19N5O/c1-10-6-11(8-12(15)7-10)13-16-17-18-19(13)9-14(2)4-3-5-20-14/h6-8H,3-5,9,15H2,1-2H3. The number of benzene rings is 1. The van der Waals surface area contributed by atoms with Crippen LogP contribution in [0.1, 0.15) is 25.3 Å². The number of tetrazole rings is 1. The van der Waals surface area contributed by atoms with Crippen molar-refractivity contribution in [1.29, 1.82) is 0 Å². The Balaban J connectivity index is 1.93. The Kier molecular flexibility index (Phi) is 3.17. The van der Waals surface area contributed by atoms with Crippen molar-refractivity contribution in [1.82, 2.24) is 20.2 Å². The molecule has 1 saturated heterocycles. The van der Waals surface area contributed by atoms with Gasteiger partial charge in [0.2, 0.25) is 0 Å². The van der Waals surface area contributed by atoms with Gasteiger partial charge in [0.15, 0.2) is 5.82 Å². The van der Waals surface area contributed by atoms with E-state index in [1.165, 1.54) is 0 Å². The molecular weight excluding hydrogens is 254 g/mol. The number of aromatic nitrogens is 4. The summed E-state index contributed by atoms with van der Waals surface area (Å²) in [7, 11) is 0. The minimum Gasteiger partial charge on any atom is -0.399 e. The van der Waals surface area contributed by atoms with Crippen LogP contribution in [0, 0.1) is 6.92 Å². The van der Waals surface area contributed by atoms with E-state index in [9.17, 15) is 0 Å². The summed E-state index contributed by atoms with van der Waals surface area (Å²) in [6.45, 7) is 5.58. The highest BCUT2D eigenvalue weighted by Gasteiger charge is 2.31. The lowest BCUT2D eigenvalue weighted by Crippen LogP contribution is -2.30. The van der Waals surface area contributed by atoms with Gasteiger partial charge in [0.1, 0.15) is 0 Å². The Morgan fingerprint density at radius 3 is 2.95 bits per heavy atom. The van der Waals surface area contributed by atoms with Gasteiger partial charge >= 0.3 is 0 Å². The highest BCUT2D eigenvalue weighted by Crippen LogP contribution is 2.28. The van der Waals surface area contributed by atoms with Crippen LogP contribution < -0.4 is 5.73 Å². The summed E-state index contributed by atoms with van der Waals surface area (Å²) < 4.78 is 7.62. The molecule has 0 saturated carbocycles. The third-order valence-electron chi connectivity index (χ3n) is 3.67. The van der Waals surface area contributed by atoms with Crippen molar-refractivity contribution in [2.24, 2.45) is 0 Å². The monoisotopic (exact) mass is 273 g/mol. The second-order valence-corrected chi connectivity index (χ2v) is 5.69. The minimum atomic E-state index is -0.181. The lowest BCUT2D eigenvalue weighted by atomic mass is 10.0. The quantitative estimate of drug-likeness (QED) is 0.863. The number of nitrogens with two attached hydrogens (primary N) is 1. The summed E-state index contributed by atoms with van der Waals surface area (Å²) in [6, 6.07) is 5.86. The van der Waals surface area contributed by atoms with Crippen LogP contribution in [0.25, 0.3) is 11.4 Å². The molecule has 0 bridgehead atoms. The molecular formula is C14H19N5O. The lowest BCUT2D eigenvalue weighted by Gasteiger charge is -2.23. The summed E-state index contributed by atoms with van der Waals surface area (Å²) >= 11 is 0. The Bertz CT molecular complexity index is 596. The second kappa shape index (κ2) is 4.86. The van der Waals surface area contributed by atoms with Crippen LogP contribution >= 0.6 is 0 Å². The van der Waals surface area contributed by atoms with Crippen molar-refractivity contribution in [3.05, 3.63) is 23.8 Å². The third kappa shape index (κ3) is 2.51. The largest absolute Gasteiger partial charge is 0.399 e. The van der Waals surface area contributed by atoms with Crippen LogP contribution in [0.5, 0.6) is 0 Å². The molecule has 6 heteroatoms. The highest BCUT2D eigenvalue weighted by molar-refractivity contribution is 5.62. The van der Waals surface area contributed by atoms with Gasteiger partial charge < -0.3 is 10.5 Å². The van der Waals surface area contributed by atoms with E-state index in [0.717, 1.165) is 42.1 Å². The number of rotatable bonds is 3. The van der Waals surface area contributed by atoms with Crippen LogP contribution in [0.4, 0.5) is 5.69 Å². The van der Waals surface area contributed by atoms with Crippen LogP contribution in [0.2, 0.25) is 0 Å². The fraction of sp³-hybridized carbons (Fsp3) is 0.500. The van der Waals surface area contributed by atoms with E-state index in [4.69, 9.17) is 10.5 Å². The molecule has 1 aromatic carbocycles. The molecule has 0 spiro atoms. The fourth-order valence-electron chi connectivity index (χ4n) is 2.74. The Hall–Kier alpha value is -1.95. The first-order chi connectivity index (χ1) is 9.56. The number of hydrogen-bond acceptors (Lipinski definition) is 5. The van der Waals surface area contributed by atoms with E-state index in [0.29, 0.717) is 6.54 Å². The summed E-state index contributed by atoms with van der Waals surface area (Å²) in [5.41, 5.74) is 8.48. The molecule has 0 amide bonds. The molecule has 2 heterocycles. The molecule has 6 nitrogen and oxygen atoms in total. The molecule has 106 valence electrons. The molecule has 0 radical (unpaired) electrons. The molecule has 0 aliphatic carbocycles. The Labute approximate surface area is 117 Å². The second-order valence-electron chi connectivity index (χ2n) is 5.69. The van der Waals surface area contributed by atoms with Crippen molar-refractivity contribution < 1.29 is 4.74 Å². The molecule has 3 rings (SSSR count). The summed E-state index contributed by atoms with van der Waals surface area (Å²) in [5.74, 6) is 0.733. The summed E-state index contributed by atoms with van der Waals surface area (Å²) in [4.78, 5) is 0. The lowest BCUT2D eigenvalue weighted by molar-refractivity contribution is 0.00356. The molecule has 2 aromatic rings. The van der Waals surface area contributed by atoms with Crippen molar-refractivity contribution in [3.63, 3.8) is 0 Å². The minimum absolute atomic E-state index is 0.181. The molecule has 1 unspecified atom stereocenters. The smallest absolute Gasteiger partial charge is 0.182 e. The van der Waals surface area contributed by atoms with Gasteiger partial charge in [-0.3, -0.25) is 0 Å². The average Bonchev–Trinajstić information content (AvgIpc) is 2.98. The molecule has 1 aliphatic heterocycles. The predicted octanol–water partition coefficient (Wildman–Crippen LogP) is 1.80. The molecule has 1 fully saturated rings. The van der Waals surface area contributed by atoms with Crippen molar-refractivity contribution in [2.75, 3.05) is 12.3 Å². The highest BCUT2D eigenvalue weighted by atomic mass is 16.5. The number of anilines is 1. The zero-order valence-electron chi connectivity index (χ0n) is 11.8. The summed E-state index contributed by atoms with van der Waals surface area (Å²) in [5, 5.41) is 12.0. The van der Waals surface area contributed by atoms with Gasteiger partial charge in [-0.2, -0.15) is 0 Å². The normalized spacial score (nSPS) is 22.3. The van der Waals surface area contributed by atoms with Gasteiger partial charge in [-0.15, -0.1) is 5.10 Å². The number of hydrogen-bond donors (Lipinski definition) is 1. The van der Waals surface area contributed by atoms with E-state index in [1.54, 1.807) is 4.68 Å². The maximum absolute atomic E-state index is 5.90. The topological polar surface area (TPSA) is 78.9 Å². The summed E-state index contributed by atoms with van der Waals surface area (Å²) in [6.07, 6.45) is 2.12. The van der Waals surface area contributed by atoms with Crippen molar-refractivity contribution in [3.8, 4) is 11.4 Å². The number of ether oxygens (including phenoxy) is 1. The van der Waals surface area contributed by atoms with Gasteiger partial charge in [-0.1, -0.05) is 0 Å². The maximum Gasteiger partial charge on any atom is 0.182 e. The van der Waals surface area contributed by atoms with Gasteiger partial charge in [0.05, 0.1) is 12.1 Å². The molecule has 1 aliphatic rings. The maximum atomic E-state index is 5.90. The van der Waals surface area contributed by atoms with E-state index < -0.39 is 0 Å².